The van der Waals surface area contributed by atoms with Crippen molar-refractivity contribution in [1.82, 2.24) is 35.4 Å². The lowest BCUT2D eigenvalue weighted by Crippen LogP contribution is -2.44. The Morgan fingerprint density at radius 3 is 1.27 bits per heavy atom. The molecule has 358 valence electrons. The summed E-state index contributed by atoms with van der Waals surface area (Å²) in [6, 6.07) is 0.322. The predicted octanol–water partition coefficient (Wildman–Crippen LogP) is 2.94. The van der Waals surface area contributed by atoms with Gasteiger partial charge in [0.2, 0.25) is 53.7 Å². The van der Waals surface area contributed by atoms with Crippen molar-refractivity contribution in [3.8, 4) is 0 Å². The molecular weight excluding hydrogens is 842 g/mol. The van der Waals surface area contributed by atoms with Crippen LogP contribution in [0.5, 0.6) is 0 Å². The Labute approximate surface area is 363 Å². The highest BCUT2D eigenvalue weighted by atomic mass is 32.2. The Morgan fingerprint density at radius 2 is 1.02 bits per heavy atom. The van der Waals surface area contributed by atoms with Crippen LogP contribution in [0.25, 0.3) is 0 Å². The minimum absolute atomic E-state index is 0.0544. The first-order valence-corrected chi connectivity index (χ1v) is 26.5. The van der Waals surface area contributed by atoms with Gasteiger partial charge in [0.25, 0.3) is 0 Å². The lowest BCUT2D eigenvalue weighted by Gasteiger charge is -2.32. The fourth-order valence-corrected chi connectivity index (χ4v) is 6.40. The highest BCUT2D eigenvalue weighted by Gasteiger charge is 2.29. The van der Waals surface area contributed by atoms with Crippen molar-refractivity contribution >= 4 is 53.7 Å². The third-order valence-electron chi connectivity index (χ3n) is 8.05. The van der Waals surface area contributed by atoms with Gasteiger partial charge in [-0.2, -0.15) is 0 Å². The summed E-state index contributed by atoms with van der Waals surface area (Å²) in [5.41, 5.74) is 0. The van der Waals surface area contributed by atoms with Gasteiger partial charge in [-0.3, -0.25) is 19.2 Å². The second-order valence-electron chi connectivity index (χ2n) is 16.9. The van der Waals surface area contributed by atoms with Gasteiger partial charge in [0.05, 0.1) is 18.8 Å². The number of carbonyl (C=O) groups excluding carboxylic acids is 4. The third kappa shape index (κ3) is 55.5. The van der Waals surface area contributed by atoms with E-state index in [-0.39, 0.29) is 35.7 Å². The average molecular weight is 924 g/mol. The zero-order chi connectivity index (χ0) is 47.3. The molecule has 4 rings (SSSR count). The summed E-state index contributed by atoms with van der Waals surface area (Å²) in [6.45, 7) is 21.9. The lowest BCUT2D eigenvalue weighted by molar-refractivity contribution is -0.121. The highest BCUT2D eigenvalue weighted by Crippen LogP contribution is 2.28. The number of amides is 4. The number of hydrogen-bond acceptors (Lipinski definition) is 10. The normalized spacial score (nSPS) is 20.1. The van der Waals surface area contributed by atoms with E-state index in [4.69, 9.17) is 0 Å². The molecule has 4 aliphatic carbocycles. The molecule has 0 aromatic heterocycles. The molecule has 0 atom stereocenters. The molecule has 17 nitrogen and oxygen atoms in total. The number of nitrogens with one attached hydrogen (secondary N) is 7. The Balaban J connectivity index is -0.000000634. The molecule has 0 radical (unpaired) electrons. The maximum absolute atomic E-state index is 12.1. The number of carbonyl (C=O) groups is 4. The van der Waals surface area contributed by atoms with Gasteiger partial charge in [0.1, 0.15) is 6.17 Å². The number of rotatable bonds is 15. The van der Waals surface area contributed by atoms with Crippen molar-refractivity contribution < 1.29 is 48.8 Å². The average Bonchev–Trinajstić information content (AvgIpc) is 3.98. The molecule has 0 spiro atoms. The highest BCUT2D eigenvalue weighted by molar-refractivity contribution is 7.89. The largest absolute Gasteiger partial charge is 0.356 e. The molecule has 4 aliphatic rings. The minimum Gasteiger partial charge on any atom is -0.356 e. The predicted molar refractivity (Wildman–Crippen MR) is 239 cm³/mol. The second-order valence-corrected chi connectivity index (χ2v) is 22.3. The van der Waals surface area contributed by atoms with E-state index in [1.807, 2.05) is 20.8 Å². The number of hydrogen-bond donors (Lipinski definition) is 7. The van der Waals surface area contributed by atoms with Crippen LogP contribution in [-0.2, 0) is 49.2 Å². The van der Waals surface area contributed by atoms with E-state index in [0.717, 1.165) is 51.1 Å². The van der Waals surface area contributed by atoms with Crippen molar-refractivity contribution in [2.24, 2.45) is 29.6 Å². The summed E-state index contributed by atoms with van der Waals surface area (Å²) in [4.78, 5) is 40.9. The van der Waals surface area contributed by atoms with Gasteiger partial charge in [-0.05, 0) is 87.4 Å². The molecule has 4 fully saturated rings. The number of halogens is 1. The number of alkyl halides is 1. The number of sulfonamides is 3. The van der Waals surface area contributed by atoms with E-state index in [1.54, 1.807) is 6.92 Å². The Bertz CT molecular complexity index is 1480. The van der Waals surface area contributed by atoms with E-state index in [2.05, 4.69) is 56.2 Å². The van der Waals surface area contributed by atoms with Crippen molar-refractivity contribution in [2.45, 2.75) is 145 Å². The van der Waals surface area contributed by atoms with Crippen LogP contribution in [0.2, 0.25) is 0 Å². The third-order valence-corrected chi connectivity index (χ3v) is 10.2. The van der Waals surface area contributed by atoms with Crippen LogP contribution in [0.15, 0.2) is 0 Å². The first kappa shape index (κ1) is 61.8. The van der Waals surface area contributed by atoms with Gasteiger partial charge < -0.3 is 21.3 Å². The lowest BCUT2D eigenvalue weighted by atomic mass is 9.83. The zero-order valence-electron chi connectivity index (χ0n) is 38.7. The van der Waals surface area contributed by atoms with E-state index in [1.165, 1.54) is 59.0 Å². The van der Waals surface area contributed by atoms with E-state index < -0.39 is 36.2 Å². The fraction of sp³-hybridized carbons (Fsp3) is 0.897. The molecule has 0 bridgehead atoms. The first-order chi connectivity index (χ1) is 27.3. The molecule has 0 saturated heterocycles. The van der Waals surface area contributed by atoms with Crippen LogP contribution in [0.3, 0.4) is 0 Å². The summed E-state index contributed by atoms with van der Waals surface area (Å²) in [5, 5.41) is 10.8. The Kier molecular flexibility index (Phi) is 34.2. The van der Waals surface area contributed by atoms with Gasteiger partial charge in [0.15, 0.2) is 0 Å². The second kappa shape index (κ2) is 33.1. The first-order valence-electron chi connectivity index (χ1n) is 20.8. The maximum Gasteiger partial charge on any atom is 0.217 e. The molecule has 0 aliphatic heterocycles. The van der Waals surface area contributed by atoms with Gasteiger partial charge in [-0.25, -0.2) is 43.8 Å². The van der Waals surface area contributed by atoms with Crippen molar-refractivity contribution in [3.63, 3.8) is 0 Å². The summed E-state index contributed by atoms with van der Waals surface area (Å²) in [6.07, 6.45) is 11.9. The smallest absolute Gasteiger partial charge is 0.217 e. The minimum atomic E-state index is -2.97. The van der Waals surface area contributed by atoms with Crippen LogP contribution in [0.1, 0.15) is 127 Å². The molecule has 4 saturated carbocycles. The van der Waals surface area contributed by atoms with Gasteiger partial charge >= 0.3 is 0 Å². The van der Waals surface area contributed by atoms with E-state index in [9.17, 15) is 48.8 Å². The molecule has 60 heavy (non-hydrogen) atoms. The maximum atomic E-state index is 12.1. The van der Waals surface area contributed by atoms with Gasteiger partial charge in [0, 0.05) is 72.5 Å². The van der Waals surface area contributed by atoms with Crippen molar-refractivity contribution in [3.05, 3.63) is 0 Å². The van der Waals surface area contributed by atoms with Crippen LogP contribution in [-0.4, -0.2) is 119 Å². The standard InChI is InChI=1S/C6H10FNO.C6H13NO2S.C6H11NO.C6H13NO.C5H11NO2S.C5H13NO2S.C5H11NO/c1-4(9)8-6-2-5(7)3-6;1-5-3-6(4-5)7-10(2,8)9;1-5(8)7-4-6-2-3-6;1-5(2)4-7-6(3)8;1-9(7,8)6-4-5-2-3-5;1-5(2)4-6-9(3,7)8;1-3-4-6-5(2)7/h5-6H,2-3H2,1H3,(H,8,9);5-7H,3-4H2,1-2H3;6H,2-4H2,1H3,(H,7,8);5H,4H2,1-3H3,(H,7,8);5-6H,2-4H2,1H3;5-6H,4H2,1-3H3;3-4H2,1-2H3,(H,6,7). The summed E-state index contributed by atoms with van der Waals surface area (Å²) < 4.78 is 82.5. The SMILES string of the molecule is CC(=O)NC1CC(F)C1.CC(=O)NCC(C)C.CC(=O)NCC1CC1.CC(C)CNS(C)(=O)=O.CC1CC(NS(C)(=O)=O)C1.CCCNC(C)=O.CS(=O)(=O)NCC1CC1. The van der Waals surface area contributed by atoms with E-state index >= 15 is 0 Å². The van der Waals surface area contributed by atoms with Crippen LogP contribution >= 0.6 is 0 Å². The zero-order valence-corrected chi connectivity index (χ0v) is 41.2. The van der Waals surface area contributed by atoms with Crippen LogP contribution in [0, 0.1) is 29.6 Å². The van der Waals surface area contributed by atoms with Gasteiger partial charge in [-0.15, -0.1) is 0 Å². The Morgan fingerprint density at radius 1 is 0.583 bits per heavy atom. The van der Waals surface area contributed by atoms with E-state index in [0.29, 0.717) is 49.6 Å². The van der Waals surface area contributed by atoms with Crippen molar-refractivity contribution in [1.29, 1.82) is 0 Å². The molecule has 0 unspecified atom stereocenters. The summed E-state index contributed by atoms with van der Waals surface area (Å²) >= 11 is 0. The van der Waals surface area contributed by atoms with Gasteiger partial charge in [-0.1, -0.05) is 41.5 Å². The van der Waals surface area contributed by atoms with Crippen LogP contribution in [0.4, 0.5) is 4.39 Å². The summed E-state index contributed by atoms with van der Waals surface area (Å²) in [5.74, 6) is 3.20. The monoisotopic (exact) mass is 924 g/mol. The van der Waals surface area contributed by atoms with Crippen molar-refractivity contribution in [2.75, 3.05) is 51.5 Å². The Hall–Kier alpha value is -2.46. The molecule has 21 heteroatoms. The molecule has 0 heterocycles. The topological polar surface area (TPSA) is 255 Å². The van der Waals surface area contributed by atoms with Crippen LogP contribution < -0.4 is 35.4 Å². The molecule has 0 aromatic carbocycles. The quantitative estimate of drug-likeness (QED) is 0.126. The molecule has 7 N–H and O–H groups in total. The molecular formula is C39H82FN7O10S3. The molecule has 0 aromatic rings. The molecule has 4 amide bonds. The summed E-state index contributed by atoms with van der Waals surface area (Å²) in [7, 11) is -8.86. The fourth-order valence-electron chi connectivity index (χ4n) is 4.42.